The average Bonchev–Trinajstić information content (AvgIpc) is 3.28. The topological polar surface area (TPSA) is 25.1 Å². The van der Waals surface area contributed by atoms with Crippen molar-refractivity contribution in [1.82, 2.24) is 0 Å². The fourth-order valence-corrected chi connectivity index (χ4v) is 2.24. The van der Waals surface area contributed by atoms with Crippen molar-refractivity contribution in [2.45, 2.75) is 96.7 Å². The summed E-state index contributed by atoms with van der Waals surface area (Å²) >= 11 is 0. The summed E-state index contributed by atoms with van der Waals surface area (Å²) in [5, 5.41) is 0. The van der Waals surface area contributed by atoms with Gasteiger partial charge in [0.25, 0.3) is 0 Å². The summed E-state index contributed by atoms with van der Waals surface area (Å²) in [7, 11) is 0. The van der Waals surface area contributed by atoms with Crippen molar-refractivity contribution in [3.05, 3.63) is 0 Å². The first-order chi connectivity index (χ1) is 9.36. The summed E-state index contributed by atoms with van der Waals surface area (Å²) in [5.74, 6) is 0. The normalized spacial score (nSPS) is 23.7. The lowest BCUT2D eigenvalue weighted by atomic mass is 10.1. The fraction of sp³-hybridized carbons (Fsp3) is 1.00. The van der Waals surface area contributed by atoms with Crippen LogP contribution in [0.25, 0.3) is 0 Å². The van der Waals surface area contributed by atoms with E-state index in [4.69, 9.17) is 9.47 Å². The molecule has 0 aromatic heterocycles. The molecule has 0 bridgehead atoms. The molecule has 19 heavy (non-hydrogen) atoms. The minimum absolute atomic E-state index is 0.654. The van der Waals surface area contributed by atoms with Gasteiger partial charge in [-0.3, -0.25) is 0 Å². The summed E-state index contributed by atoms with van der Waals surface area (Å²) in [5.41, 5.74) is 0. The fourth-order valence-electron chi connectivity index (χ4n) is 2.24. The molecular formula is C17H34O2. The standard InChI is InChI=1S/C9H18O.C8H16O/c1-2-3-4-5-6-7-9-8-10-9;1-2-3-4-5-6-8-7-9-8/h9H,2-8H2,1H3;8H,2-7H2,1H3. The van der Waals surface area contributed by atoms with Gasteiger partial charge in [-0.05, 0) is 12.8 Å². The van der Waals surface area contributed by atoms with Gasteiger partial charge in [0, 0.05) is 0 Å². The molecule has 0 aromatic carbocycles. The number of ether oxygens (including phenoxy) is 2. The largest absolute Gasteiger partial charge is 0.373 e. The summed E-state index contributed by atoms with van der Waals surface area (Å²) in [6.07, 6.45) is 16.4. The van der Waals surface area contributed by atoms with Gasteiger partial charge >= 0.3 is 0 Å². The molecule has 2 heteroatoms. The van der Waals surface area contributed by atoms with Crippen LogP contribution in [0.5, 0.6) is 0 Å². The maximum absolute atomic E-state index is 5.12. The monoisotopic (exact) mass is 270 g/mol. The van der Waals surface area contributed by atoms with Gasteiger partial charge in [0.1, 0.15) is 0 Å². The van der Waals surface area contributed by atoms with E-state index in [0.29, 0.717) is 12.2 Å². The lowest BCUT2D eigenvalue weighted by Crippen LogP contribution is -1.84. The second-order valence-electron chi connectivity index (χ2n) is 5.96. The summed E-state index contributed by atoms with van der Waals surface area (Å²) in [6.45, 7) is 6.57. The smallest absolute Gasteiger partial charge is 0.0810 e. The molecule has 0 saturated carbocycles. The van der Waals surface area contributed by atoms with E-state index in [-0.39, 0.29) is 0 Å². The Labute approximate surface area is 120 Å². The minimum Gasteiger partial charge on any atom is -0.373 e. The van der Waals surface area contributed by atoms with Crippen LogP contribution in [0.1, 0.15) is 84.5 Å². The van der Waals surface area contributed by atoms with E-state index in [0.717, 1.165) is 13.2 Å². The average molecular weight is 270 g/mol. The van der Waals surface area contributed by atoms with Gasteiger partial charge in [-0.2, -0.15) is 0 Å². The maximum Gasteiger partial charge on any atom is 0.0810 e. The van der Waals surface area contributed by atoms with E-state index < -0.39 is 0 Å². The molecule has 2 rings (SSSR count). The van der Waals surface area contributed by atoms with Crippen molar-refractivity contribution >= 4 is 0 Å². The van der Waals surface area contributed by atoms with Crippen molar-refractivity contribution in [1.29, 1.82) is 0 Å². The minimum atomic E-state index is 0.654. The van der Waals surface area contributed by atoms with Gasteiger partial charge < -0.3 is 9.47 Å². The van der Waals surface area contributed by atoms with E-state index in [2.05, 4.69) is 13.8 Å². The van der Waals surface area contributed by atoms with Gasteiger partial charge in [0.2, 0.25) is 0 Å². The number of hydrogen-bond donors (Lipinski definition) is 0. The highest BCUT2D eigenvalue weighted by Crippen LogP contribution is 2.18. The van der Waals surface area contributed by atoms with Crippen LogP contribution in [-0.2, 0) is 9.47 Å². The molecule has 114 valence electrons. The zero-order valence-corrected chi connectivity index (χ0v) is 13.2. The molecule has 0 aliphatic carbocycles. The molecule has 0 radical (unpaired) electrons. The van der Waals surface area contributed by atoms with E-state index in [1.807, 2.05) is 0 Å². The Hall–Kier alpha value is -0.0800. The van der Waals surface area contributed by atoms with E-state index in [1.54, 1.807) is 0 Å². The van der Waals surface area contributed by atoms with Crippen LogP contribution < -0.4 is 0 Å². The molecule has 2 nitrogen and oxygen atoms in total. The van der Waals surface area contributed by atoms with Gasteiger partial charge in [-0.1, -0.05) is 71.6 Å². The lowest BCUT2D eigenvalue weighted by molar-refractivity contribution is 0.388. The molecule has 2 heterocycles. The first kappa shape index (κ1) is 17.0. The first-order valence-corrected chi connectivity index (χ1v) is 8.60. The molecule has 0 N–H and O–H groups in total. The second-order valence-corrected chi connectivity index (χ2v) is 5.96. The highest BCUT2D eigenvalue weighted by molar-refractivity contribution is 4.68. The number of hydrogen-bond acceptors (Lipinski definition) is 2. The van der Waals surface area contributed by atoms with Crippen molar-refractivity contribution in [3.63, 3.8) is 0 Å². The molecule has 2 fully saturated rings. The zero-order valence-electron chi connectivity index (χ0n) is 13.2. The lowest BCUT2D eigenvalue weighted by Gasteiger charge is -1.96. The van der Waals surface area contributed by atoms with Crippen molar-refractivity contribution < 1.29 is 9.47 Å². The van der Waals surface area contributed by atoms with Gasteiger partial charge in [-0.25, -0.2) is 0 Å². The van der Waals surface area contributed by atoms with Crippen molar-refractivity contribution in [2.24, 2.45) is 0 Å². The van der Waals surface area contributed by atoms with Gasteiger partial charge in [0.05, 0.1) is 25.4 Å². The Morgan fingerprint density at radius 3 is 1.37 bits per heavy atom. The Balaban J connectivity index is 0.000000191. The molecule has 2 unspecified atom stereocenters. The number of rotatable bonds is 11. The maximum atomic E-state index is 5.12. The third kappa shape index (κ3) is 12.7. The van der Waals surface area contributed by atoms with Crippen molar-refractivity contribution in [2.75, 3.05) is 13.2 Å². The molecule has 2 aliphatic heterocycles. The number of unbranched alkanes of at least 4 members (excludes halogenated alkanes) is 7. The Kier molecular flexibility index (Phi) is 10.5. The van der Waals surface area contributed by atoms with Crippen LogP contribution in [0.4, 0.5) is 0 Å². The molecule has 0 amide bonds. The third-order valence-electron chi connectivity index (χ3n) is 3.81. The molecule has 2 atom stereocenters. The molecule has 0 spiro atoms. The van der Waals surface area contributed by atoms with Crippen LogP contribution in [-0.4, -0.2) is 25.4 Å². The van der Waals surface area contributed by atoms with Gasteiger partial charge in [0.15, 0.2) is 0 Å². The van der Waals surface area contributed by atoms with Crippen LogP contribution >= 0.6 is 0 Å². The predicted molar refractivity (Wildman–Crippen MR) is 81.6 cm³/mol. The van der Waals surface area contributed by atoms with E-state index in [9.17, 15) is 0 Å². The predicted octanol–water partition coefficient (Wildman–Crippen LogP) is 5.10. The third-order valence-corrected chi connectivity index (χ3v) is 3.81. The summed E-state index contributed by atoms with van der Waals surface area (Å²) in [4.78, 5) is 0. The van der Waals surface area contributed by atoms with E-state index >= 15 is 0 Å². The molecule has 0 aromatic rings. The van der Waals surface area contributed by atoms with Gasteiger partial charge in [-0.15, -0.1) is 0 Å². The SMILES string of the molecule is CCCCCCC1CO1.CCCCCCCC1CO1. The summed E-state index contributed by atoms with van der Waals surface area (Å²) < 4.78 is 10.2. The molecule has 2 saturated heterocycles. The van der Waals surface area contributed by atoms with Crippen LogP contribution in [0.2, 0.25) is 0 Å². The molecular weight excluding hydrogens is 236 g/mol. The van der Waals surface area contributed by atoms with Crippen LogP contribution in [0.3, 0.4) is 0 Å². The second kappa shape index (κ2) is 11.7. The Morgan fingerprint density at radius 2 is 1.00 bits per heavy atom. The van der Waals surface area contributed by atoms with Crippen LogP contribution in [0.15, 0.2) is 0 Å². The highest BCUT2D eigenvalue weighted by atomic mass is 16.6. The van der Waals surface area contributed by atoms with Crippen molar-refractivity contribution in [3.8, 4) is 0 Å². The Morgan fingerprint density at radius 1 is 0.632 bits per heavy atom. The first-order valence-electron chi connectivity index (χ1n) is 8.60. The molecule has 2 aliphatic rings. The Bertz CT molecular complexity index is 186. The summed E-state index contributed by atoms with van der Waals surface area (Å²) in [6, 6.07) is 0. The van der Waals surface area contributed by atoms with Crippen LogP contribution in [0, 0.1) is 0 Å². The highest BCUT2D eigenvalue weighted by Gasteiger charge is 2.21. The number of epoxide rings is 2. The quantitative estimate of drug-likeness (QED) is 0.385. The van der Waals surface area contributed by atoms with E-state index in [1.165, 1.54) is 70.6 Å². The zero-order chi connectivity index (χ0) is 13.8.